The van der Waals surface area contributed by atoms with Crippen LogP contribution in [-0.2, 0) is 12.8 Å². The summed E-state index contributed by atoms with van der Waals surface area (Å²) in [5.41, 5.74) is 8.71. The predicted molar refractivity (Wildman–Crippen MR) is 68.2 cm³/mol. The van der Waals surface area contributed by atoms with Gasteiger partial charge in [-0.15, -0.1) is 0 Å². The molecule has 94 valence electrons. The Bertz CT molecular complexity index is 392. The van der Waals surface area contributed by atoms with Crippen LogP contribution in [0.5, 0.6) is 5.75 Å². The van der Waals surface area contributed by atoms with E-state index in [0.29, 0.717) is 6.54 Å². The molecular weight excluding hydrogens is 214 g/mol. The van der Waals surface area contributed by atoms with Gasteiger partial charge in [0, 0.05) is 6.61 Å². The second-order valence-electron chi connectivity index (χ2n) is 4.99. The highest BCUT2D eigenvalue weighted by Crippen LogP contribution is 2.38. The third kappa shape index (κ3) is 2.45. The third-order valence-electron chi connectivity index (χ3n) is 3.98. The number of fused-ring (bicyclic) bond motifs is 1. The van der Waals surface area contributed by atoms with Crippen molar-refractivity contribution < 1.29 is 9.84 Å². The Morgan fingerprint density at radius 3 is 2.88 bits per heavy atom. The fourth-order valence-corrected chi connectivity index (χ4v) is 2.76. The van der Waals surface area contributed by atoms with Crippen molar-refractivity contribution in [2.24, 2.45) is 11.1 Å². The van der Waals surface area contributed by atoms with E-state index in [9.17, 15) is 5.11 Å². The maximum absolute atomic E-state index is 9.18. The molecule has 0 amide bonds. The Labute approximate surface area is 103 Å². The summed E-state index contributed by atoms with van der Waals surface area (Å²) in [6.07, 6.45) is 3.87. The molecule has 0 bridgehead atoms. The molecule has 0 aromatic heterocycles. The lowest BCUT2D eigenvalue weighted by atomic mass is 9.70. The lowest BCUT2D eigenvalue weighted by Gasteiger charge is -2.37. The van der Waals surface area contributed by atoms with Crippen molar-refractivity contribution in [2.45, 2.75) is 25.7 Å². The average molecular weight is 235 g/mol. The van der Waals surface area contributed by atoms with Gasteiger partial charge in [-0.2, -0.15) is 0 Å². The zero-order valence-corrected chi connectivity index (χ0v) is 10.4. The van der Waals surface area contributed by atoms with E-state index in [4.69, 9.17) is 10.5 Å². The fourth-order valence-electron chi connectivity index (χ4n) is 2.76. The van der Waals surface area contributed by atoms with Gasteiger partial charge in [0.1, 0.15) is 5.75 Å². The van der Waals surface area contributed by atoms with Crippen LogP contribution in [-0.4, -0.2) is 25.4 Å². The van der Waals surface area contributed by atoms with Gasteiger partial charge in [-0.25, -0.2) is 0 Å². The molecule has 3 N–H and O–H groups in total. The van der Waals surface area contributed by atoms with Crippen molar-refractivity contribution in [1.29, 1.82) is 0 Å². The predicted octanol–water partition coefficient (Wildman–Crippen LogP) is 1.51. The second kappa shape index (κ2) is 5.07. The first kappa shape index (κ1) is 12.4. The number of hydrogen-bond donors (Lipinski definition) is 2. The van der Waals surface area contributed by atoms with Gasteiger partial charge in [0.25, 0.3) is 0 Å². The molecule has 0 heterocycles. The molecule has 0 saturated heterocycles. The van der Waals surface area contributed by atoms with Crippen LogP contribution in [0.15, 0.2) is 18.2 Å². The van der Waals surface area contributed by atoms with Crippen molar-refractivity contribution in [3.8, 4) is 5.75 Å². The topological polar surface area (TPSA) is 55.5 Å². The first-order chi connectivity index (χ1) is 8.23. The summed E-state index contributed by atoms with van der Waals surface area (Å²) in [5.74, 6) is 0.903. The summed E-state index contributed by atoms with van der Waals surface area (Å²) in [6, 6.07) is 6.27. The molecule has 3 nitrogen and oxygen atoms in total. The van der Waals surface area contributed by atoms with Crippen LogP contribution in [0.3, 0.4) is 0 Å². The number of aliphatic hydroxyl groups is 1. The van der Waals surface area contributed by atoms with E-state index >= 15 is 0 Å². The van der Waals surface area contributed by atoms with Gasteiger partial charge in [0.15, 0.2) is 0 Å². The smallest absolute Gasteiger partial charge is 0.119 e. The van der Waals surface area contributed by atoms with E-state index in [2.05, 4.69) is 12.1 Å². The highest BCUT2D eigenvalue weighted by Gasteiger charge is 2.32. The molecule has 1 unspecified atom stereocenters. The Morgan fingerprint density at radius 1 is 1.41 bits per heavy atom. The summed E-state index contributed by atoms with van der Waals surface area (Å²) >= 11 is 0. The summed E-state index contributed by atoms with van der Waals surface area (Å²) in [6.45, 7) is 0.862. The molecule has 2 rings (SSSR count). The van der Waals surface area contributed by atoms with Crippen LogP contribution in [0.4, 0.5) is 0 Å². The number of methoxy groups -OCH3 is 1. The first-order valence-corrected chi connectivity index (χ1v) is 6.20. The quantitative estimate of drug-likeness (QED) is 0.831. The Morgan fingerprint density at radius 2 is 2.24 bits per heavy atom. The van der Waals surface area contributed by atoms with Crippen molar-refractivity contribution >= 4 is 0 Å². The zero-order valence-electron chi connectivity index (χ0n) is 10.4. The van der Waals surface area contributed by atoms with E-state index < -0.39 is 0 Å². The van der Waals surface area contributed by atoms with Crippen molar-refractivity contribution in [3.63, 3.8) is 0 Å². The summed E-state index contributed by atoms with van der Waals surface area (Å²) < 4.78 is 5.26. The zero-order chi connectivity index (χ0) is 12.3. The molecule has 1 atom stereocenters. The van der Waals surface area contributed by atoms with Gasteiger partial charge in [-0.05, 0) is 60.9 Å². The number of ether oxygens (including phenoxy) is 1. The molecule has 0 radical (unpaired) electrons. The van der Waals surface area contributed by atoms with E-state index in [1.165, 1.54) is 11.1 Å². The molecule has 3 heteroatoms. The SMILES string of the molecule is COc1ccc2c(c1)CC(CN)(CCO)CC2. The lowest BCUT2D eigenvalue weighted by Crippen LogP contribution is -2.37. The van der Waals surface area contributed by atoms with E-state index in [1.807, 2.05) is 6.07 Å². The van der Waals surface area contributed by atoms with Gasteiger partial charge >= 0.3 is 0 Å². The molecule has 1 aliphatic carbocycles. The van der Waals surface area contributed by atoms with Gasteiger partial charge in [0.05, 0.1) is 7.11 Å². The number of nitrogens with two attached hydrogens (primary N) is 1. The van der Waals surface area contributed by atoms with Crippen molar-refractivity contribution in [2.75, 3.05) is 20.3 Å². The van der Waals surface area contributed by atoms with Gasteiger partial charge in [0.2, 0.25) is 0 Å². The average Bonchev–Trinajstić information content (AvgIpc) is 2.38. The summed E-state index contributed by atoms with van der Waals surface area (Å²) in [4.78, 5) is 0. The van der Waals surface area contributed by atoms with Crippen LogP contribution >= 0.6 is 0 Å². The molecule has 1 aromatic carbocycles. The third-order valence-corrected chi connectivity index (χ3v) is 3.98. The van der Waals surface area contributed by atoms with Crippen LogP contribution in [0.2, 0.25) is 0 Å². The van der Waals surface area contributed by atoms with E-state index in [0.717, 1.165) is 31.4 Å². The Balaban J connectivity index is 2.26. The normalized spacial score (nSPS) is 23.2. The maximum Gasteiger partial charge on any atom is 0.119 e. The van der Waals surface area contributed by atoms with E-state index in [1.54, 1.807) is 7.11 Å². The fraction of sp³-hybridized carbons (Fsp3) is 0.571. The van der Waals surface area contributed by atoms with Crippen molar-refractivity contribution in [1.82, 2.24) is 0 Å². The molecule has 1 aromatic rings. The van der Waals surface area contributed by atoms with Gasteiger partial charge < -0.3 is 15.6 Å². The maximum atomic E-state index is 9.18. The molecule has 0 spiro atoms. The molecule has 0 aliphatic heterocycles. The number of aryl methyl sites for hydroxylation is 1. The van der Waals surface area contributed by atoms with Crippen LogP contribution in [0.1, 0.15) is 24.0 Å². The monoisotopic (exact) mass is 235 g/mol. The van der Waals surface area contributed by atoms with Crippen LogP contribution in [0.25, 0.3) is 0 Å². The highest BCUT2D eigenvalue weighted by molar-refractivity contribution is 5.38. The van der Waals surface area contributed by atoms with Crippen LogP contribution < -0.4 is 10.5 Å². The Hall–Kier alpha value is -1.06. The molecule has 17 heavy (non-hydrogen) atoms. The minimum Gasteiger partial charge on any atom is -0.497 e. The summed E-state index contributed by atoms with van der Waals surface area (Å²) in [7, 11) is 1.69. The number of aliphatic hydroxyl groups excluding tert-OH is 1. The lowest BCUT2D eigenvalue weighted by molar-refractivity contribution is 0.167. The minimum absolute atomic E-state index is 0.0775. The van der Waals surface area contributed by atoms with Gasteiger partial charge in [-0.1, -0.05) is 6.07 Å². The molecule has 1 aliphatic rings. The number of hydrogen-bond acceptors (Lipinski definition) is 3. The molecule has 0 fully saturated rings. The van der Waals surface area contributed by atoms with Gasteiger partial charge in [-0.3, -0.25) is 0 Å². The number of benzene rings is 1. The molecule has 0 saturated carbocycles. The van der Waals surface area contributed by atoms with E-state index in [-0.39, 0.29) is 12.0 Å². The molecular formula is C14H21NO2. The summed E-state index contributed by atoms with van der Waals surface area (Å²) in [5, 5.41) is 9.18. The minimum atomic E-state index is 0.0775. The Kier molecular flexibility index (Phi) is 3.69. The second-order valence-corrected chi connectivity index (χ2v) is 4.99. The highest BCUT2D eigenvalue weighted by atomic mass is 16.5. The van der Waals surface area contributed by atoms with Crippen molar-refractivity contribution in [3.05, 3.63) is 29.3 Å². The standard InChI is InChI=1S/C14H21NO2/c1-17-13-3-2-11-4-5-14(10-15,6-7-16)9-12(11)8-13/h2-3,8,16H,4-7,9-10,15H2,1H3. The van der Waals surface area contributed by atoms with Crippen LogP contribution in [0, 0.1) is 5.41 Å². The first-order valence-electron chi connectivity index (χ1n) is 6.20. The number of rotatable bonds is 4. The largest absolute Gasteiger partial charge is 0.497 e.